The Morgan fingerprint density at radius 2 is 2.20 bits per heavy atom. The molecule has 0 aromatic heterocycles. The Labute approximate surface area is 94.8 Å². The maximum atomic E-state index is 11.2. The topological polar surface area (TPSA) is 63.6 Å². The first kappa shape index (κ1) is 14.8. The third-order valence-corrected chi connectivity index (χ3v) is 3.12. The van der Waals surface area contributed by atoms with Gasteiger partial charge in [-0.1, -0.05) is 17.7 Å². The Hall–Kier alpha value is -0.150. The first-order valence-corrected chi connectivity index (χ1v) is 6.82. The van der Waals surface area contributed by atoms with Gasteiger partial charge >= 0.3 is 7.60 Å². The van der Waals surface area contributed by atoms with Crippen LogP contribution in [0.4, 0.5) is 0 Å². The molecule has 0 radical (unpaired) electrons. The molecule has 0 saturated carbocycles. The van der Waals surface area contributed by atoms with Crippen LogP contribution < -0.4 is 0 Å². The predicted octanol–water partition coefficient (Wildman–Crippen LogP) is 2.70. The number of halogens is 1. The number of rotatable bonds is 7. The summed E-state index contributed by atoms with van der Waals surface area (Å²) in [5, 5.41) is 0.611. The average Bonchev–Trinajstić information content (AvgIpc) is 2.01. The van der Waals surface area contributed by atoms with Gasteiger partial charge in [0.25, 0.3) is 0 Å². The van der Waals surface area contributed by atoms with E-state index in [9.17, 15) is 9.36 Å². The van der Waals surface area contributed by atoms with Crippen LogP contribution in [-0.2, 0) is 13.9 Å². The standard InChI is InChI=1S/C9H16ClO4P/c1-3-14-15(12,13)7-9(11)6-4-5-8(2)10/h5H,3-4,6-7H2,1-2H3,(H,12,13). The Morgan fingerprint density at radius 1 is 1.60 bits per heavy atom. The quantitative estimate of drug-likeness (QED) is 0.710. The zero-order chi connectivity index (χ0) is 11.9. The molecule has 0 amide bonds. The molecule has 0 aromatic rings. The number of allylic oxidation sites excluding steroid dienone is 2. The normalized spacial score (nSPS) is 16.1. The number of hydrogen-bond donors (Lipinski definition) is 1. The molecule has 1 N–H and O–H groups in total. The van der Waals surface area contributed by atoms with Gasteiger partial charge in [0.15, 0.2) is 0 Å². The number of carbonyl (C=O) groups is 1. The van der Waals surface area contributed by atoms with Crippen LogP contribution in [0.5, 0.6) is 0 Å². The summed E-state index contributed by atoms with van der Waals surface area (Å²) in [6, 6.07) is 0. The van der Waals surface area contributed by atoms with Gasteiger partial charge in [0.2, 0.25) is 0 Å². The van der Waals surface area contributed by atoms with Crippen molar-refractivity contribution in [3.63, 3.8) is 0 Å². The van der Waals surface area contributed by atoms with E-state index in [1.807, 2.05) is 0 Å². The molecule has 0 aliphatic carbocycles. The van der Waals surface area contributed by atoms with Gasteiger partial charge in [-0.05, 0) is 20.3 Å². The summed E-state index contributed by atoms with van der Waals surface area (Å²) in [6.45, 7) is 3.44. The van der Waals surface area contributed by atoms with Crippen LogP contribution in [0.3, 0.4) is 0 Å². The second-order valence-electron chi connectivity index (χ2n) is 3.08. The van der Waals surface area contributed by atoms with Crippen molar-refractivity contribution in [2.45, 2.75) is 26.7 Å². The van der Waals surface area contributed by atoms with E-state index in [2.05, 4.69) is 4.52 Å². The van der Waals surface area contributed by atoms with Crippen LogP contribution in [-0.4, -0.2) is 23.4 Å². The van der Waals surface area contributed by atoms with E-state index >= 15 is 0 Å². The van der Waals surface area contributed by atoms with Gasteiger partial charge in [0.1, 0.15) is 11.9 Å². The fourth-order valence-corrected chi connectivity index (χ4v) is 2.19. The van der Waals surface area contributed by atoms with Gasteiger partial charge < -0.3 is 9.42 Å². The number of Topliss-reactive ketones (excluding diaryl/α,β-unsaturated/α-hetero) is 1. The van der Waals surface area contributed by atoms with Crippen molar-refractivity contribution in [1.29, 1.82) is 0 Å². The van der Waals surface area contributed by atoms with Crippen molar-refractivity contribution in [3.8, 4) is 0 Å². The van der Waals surface area contributed by atoms with E-state index in [1.165, 1.54) is 0 Å². The molecule has 15 heavy (non-hydrogen) atoms. The molecule has 1 atom stereocenters. The Kier molecular flexibility index (Phi) is 7.11. The Balaban J connectivity index is 3.94. The summed E-state index contributed by atoms with van der Waals surface area (Å²) >= 11 is 5.56. The molecule has 0 bridgehead atoms. The monoisotopic (exact) mass is 254 g/mol. The molecule has 6 heteroatoms. The lowest BCUT2D eigenvalue weighted by molar-refractivity contribution is -0.116. The average molecular weight is 255 g/mol. The molecule has 4 nitrogen and oxygen atoms in total. The molecule has 0 rings (SSSR count). The smallest absolute Gasteiger partial charge is 0.324 e. The van der Waals surface area contributed by atoms with E-state index in [4.69, 9.17) is 16.5 Å². The highest BCUT2D eigenvalue weighted by Crippen LogP contribution is 2.41. The molecule has 1 unspecified atom stereocenters. The molecular weight excluding hydrogens is 239 g/mol. The molecule has 0 fully saturated rings. The fraction of sp³-hybridized carbons (Fsp3) is 0.667. The van der Waals surface area contributed by atoms with E-state index in [-0.39, 0.29) is 18.8 Å². The van der Waals surface area contributed by atoms with Crippen molar-refractivity contribution in [2.75, 3.05) is 12.8 Å². The van der Waals surface area contributed by atoms with Gasteiger partial charge in [0.05, 0.1) is 6.61 Å². The minimum Gasteiger partial charge on any atom is -0.324 e. The third kappa shape index (κ3) is 8.82. The summed E-state index contributed by atoms with van der Waals surface area (Å²) in [6.07, 6.45) is 1.97. The number of carbonyl (C=O) groups excluding carboxylic acids is 1. The van der Waals surface area contributed by atoms with E-state index in [1.54, 1.807) is 19.9 Å². The van der Waals surface area contributed by atoms with Gasteiger partial charge in [-0.25, -0.2) is 0 Å². The molecular formula is C9H16ClO4P. The molecule has 0 aliphatic rings. The lowest BCUT2D eigenvalue weighted by atomic mass is 10.2. The molecule has 0 heterocycles. The van der Waals surface area contributed by atoms with Crippen molar-refractivity contribution in [1.82, 2.24) is 0 Å². The SMILES string of the molecule is CCOP(=O)(O)CC(=O)CCC=C(C)Cl. The molecule has 0 saturated heterocycles. The first-order valence-electron chi connectivity index (χ1n) is 4.67. The maximum Gasteiger partial charge on any atom is 0.335 e. The van der Waals surface area contributed by atoms with Crippen molar-refractivity contribution in [3.05, 3.63) is 11.1 Å². The van der Waals surface area contributed by atoms with Crippen molar-refractivity contribution >= 4 is 25.0 Å². The Bertz CT molecular complexity index is 284. The zero-order valence-electron chi connectivity index (χ0n) is 8.90. The van der Waals surface area contributed by atoms with E-state index in [0.717, 1.165) is 0 Å². The van der Waals surface area contributed by atoms with Gasteiger partial charge in [-0.3, -0.25) is 9.36 Å². The van der Waals surface area contributed by atoms with Crippen LogP contribution in [0.2, 0.25) is 0 Å². The number of ketones is 1. The zero-order valence-corrected chi connectivity index (χ0v) is 10.6. The highest BCUT2D eigenvalue weighted by Gasteiger charge is 2.22. The van der Waals surface area contributed by atoms with Crippen LogP contribution in [0.1, 0.15) is 26.7 Å². The summed E-state index contributed by atoms with van der Waals surface area (Å²) in [7, 11) is -3.72. The highest BCUT2D eigenvalue weighted by molar-refractivity contribution is 7.53. The Morgan fingerprint density at radius 3 is 2.67 bits per heavy atom. The van der Waals surface area contributed by atoms with Gasteiger partial charge in [-0.2, -0.15) is 0 Å². The summed E-state index contributed by atoms with van der Waals surface area (Å²) < 4.78 is 15.8. The van der Waals surface area contributed by atoms with Crippen LogP contribution in [0.15, 0.2) is 11.1 Å². The predicted molar refractivity (Wildman–Crippen MR) is 60.2 cm³/mol. The van der Waals surface area contributed by atoms with E-state index < -0.39 is 13.8 Å². The summed E-state index contributed by atoms with van der Waals surface area (Å²) in [5.41, 5.74) is 0. The van der Waals surface area contributed by atoms with Crippen molar-refractivity contribution in [2.24, 2.45) is 0 Å². The highest BCUT2D eigenvalue weighted by atomic mass is 35.5. The first-order chi connectivity index (χ1) is 6.87. The maximum absolute atomic E-state index is 11.2. The van der Waals surface area contributed by atoms with Gasteiger partial charge in [0, 0.05) is 11.5 Å². The summed E-state index contributed by atoms with van der Waals surface area (Å²) in [4.78, 5) is 20.4. The minimum absolute atomic E-state index is 0.127. The van der Waals surface area contributed by atoms with Crippen LogP contribution >= 0.6 is 19.2 Å². The molecule has 0 aliphatic heterocycles. The number of hydrogen-bond acceptors (Lipinski definition) is 3. The third-order valence-electron chi connectivity index (χ3n) is 1.56. The van der Waals surface area contributed by atoms with Crippen LogP contribution in [0, 0.1) is 0 Å². The second-order valence-corrected chi connectivity index (χ2v) is 5.53. The lowest BCUT2D eigenvalue weighted by Crippen LogP contribution is -2.06. The minimum atomic E-state index is -3.72. The fourth-order valence-electron chi connectivity index (χ4n) is 0.981. The van der Waals surface area contributed by atoms with Crippen LogP contribution in [0.25, 0.3) is 0 Å². The largest absolute Gasteiger partial charge is 0.335 e. The second kappa shape index (κ2) is 7.18. The molecule has 0 aromatic carbocycles. The lowest BCUT2D eigenvalue weighted by Gasteiger charge is -2.08. The molecule has 0 spiro atoms. The summed E-state index contributed by atoms with van der Waals surface area (Å²) in [5.74, 6) is -0.288. The van der Waals surface area contributed by atoms with Gasteiger partial charge in [-0.15, -0.1) is 0 Å². The molecule has 88 valence electrons. The van der Waals surface area contributed by atoms with Crippen molar-refractivity contribution < 1.29 is 18.8 Å². The van der Waals surface area contributed by atoms with E-state index in [0.29, 0.717) is 11.5 Å².